The van der Waals surface area contributed by atoms with Gasteiger partial charge < -0.3 is 0 Å². The number of benzene rings is 2. The van der Waals surface area contributed by atoms with Crippen molar-refractivity contribution >= 4 is 10.8 Å². The predicted molar refractivity (Wildman–Crippen MR) is 81.9 cm³/mol. The Morgan fingerprint density at radius 1 is 1.15 bits per heavy atom. The van der Waals surface area contributed by atoms with E-state index in [4.69, 9.17) is 4.84 Å². The van der Waals surface area contributed by atoms with Gasteiger partial charge in [0.25, 0.3) is 0 Å². The van der Waals surface area contributed by atoms with Gasteiger partial charge in [0.2, 0.25) is 0 Å². The van der Waals surface area contributed by atoms with Crippen molar-refractivity contribution in [3.63, 3.8) is 0 Å². The lowest BCUT2D eigenvalue weighted by molar-refractivity contribution is -0.135. The van der Waals surface area contributed by atoms with Crippen molar-refractivity contribution in [1.29, 1.82) is 0 Å². The summed E-state index contributed by atoms with van der Waals surface area (Å²) < 4.78 is 0. The summed E-state index contributed by atoms with van der Waals surface area (Å²) in [6.07, 6.45) is 3.35. The van der Waals surface area contributed by atoms with E-state index in [1.807, 2.05) is 5.06 Å². The number of nitrogens with one attached hydrogen (secondary N) is 1. The Labute approximate surface area is 120 Å². The van der Waals surface area contributed by atoms with Gasteiger partial charge in [0.15, 0.2) is 6.17 Å². The Bertz CT molecular complexity index is 564. The lowest BCUT2D eigenvalue weighted by atomic mass is 10.0. The molecule has 0 unspecified atom stereocenters. The minimum atomic E-state index is 0.784. The fourth-order valence-corrected chi connectivity index (χ4v) is 2.59. The van der Waals surface area contributed by atoms with Crippen molar-refractivity contribution in [2.24, 2.45) is 0 Å². The zero-order chi connectivity index (χ0) is 13.8. The summed E-state index contributed by atoms with van der Waals surface area (Å²) in [6.45, 7) is 4.81. The standard InChI is InChI=1S/C17H21N2O/c1-2-3-13-20-19-12-11-18-17(19)16-10-6-8-14-7-4-5-9-15(14)16/h4-10,18H,2-3,11-13H2,1H3. The van der Waals surface area contributed by atoms with Crippen LogP contribution in [-0.2, 0) is 4.84 Å². The lowest BCUT2D eigenvalue weighted by Crippen LogP contribution is -2.29. The summed E-state index contributed by atoms with van der Waals surface area (Å²) in [5.41, 5.74) is 1.22. The van der Waals surface area contributed by atoms with Crippen molar-refractivity contribution in [1.82, 2.24) is 10.4 Å². The third-order valence-corrected chi connectivity index (χ3v) is 3.65. The molecule has 3 heteroatoms. The molecule has 0 atom stereocenters. The molecule has 2 aromatic rings. The number of hydroxylamine groups is 2. The van der Waals surface area contributed by atoms with E-state index in [1.54, 1.807) is 0 Å². The molecule has 0 aliphatic carbocycles. The fraction of sp³-hybridized carbons (Fsp3) is 0.353. The minimum Gasteiger partial charge on any atom is -0.297 e. The van der Waals surface area contributed by atoms with Crippen molar-refractivity contribution in [2.75, 3.05) is 19.7 Å². The van der Waals surface area contributed by atoms with E-state index in [2.05, 4.69) is 54.7 Å². The molecule has 1 heterocycles. The second-order valence-corrected chi connectivity index (χ2v) is 5.09. The van der Waals surface area contributed by atoms with E-state index in [1.165, 1.54) is 16.3 Å². The highest BCUT2D eigenvalue weighted by molar-refractivity contribution is 5.87. The molecule has 1 saturated heterocycles. The van der Waals surface area contributed by atoms with Gasteiger partial charge in [-0.05, 0) is 17.2 Å². The number of unbranched alkanes of at least 4 members (excludes halogenated alkanes) is 1. The molecule has 0 spiro atoms. The molecule has 105 valence electrons. The SMILES string of the molecule is CCCCON1CCN[C]1c1cccc2ccccc12. The number of fused-ring (bicyclic) bond motifs is 1. The molecule has 0 bridgehead atoms. The molecule has 0 aromatic heterocycles. The highest BCUT2D eigenvalue weighted by atomic mass is 16.7. The molecule has 1 radical (unpaired) electrons. The van der Waals surface area contributed by atoms with Crippen molar-refractivity contribution in [3.8, 4) is 0 Å². The van der Waals surface area contributed by atoms with Crippen LogP contribution in [0.2, 0.25) is 0 Å². The van der Waals surface area contributed by atoms with E-state index in [0.29, 0.717) is 0 Å². The summed E-state index contributed by atoms with van der Waals surface area (Å²) >= 11 is 0. The first kappa shape index (κ1) is 13.6. The topological polar surface area (TPSA) is 24.5 Å². The van der Waals surface area contributed by atoms with Gasteiger partial charge in [-0.25, -0.2) is 0 Å². The summed E-state index contributed by atoms with van der Waals surface area (Å²) in [5.74, 6) is 0. The molecule has 1 N–H and O–H groups in total. The fourth-order valence-electron chi connectivity index (χ4n) is 2.59. The van der Waals surface area contributed by atoms with Crippen LogP contribution in [0.1, 0.15) is 25.3 Å². The molecule has 2 aromatic carbocycles. The van der Waals surface area contributed by atoms with E-state index in [9.17, 15) is 0 Å². The Morgan fingerprint density at radius 3 is 2.90 bits per heavy atom. The summed E-state index contributed by atoms with van der Waals surface area (Å²) in [5, 5.41) is 8.00. The van der Waals surface area contributed by atoms with E-state index in [-0.39, 0.29) is 0 Å². The van der Waals surface area contributed by atoms with Crippen LogP contribution in [0.25, 0.3) is 10.8 Å². The maximum Gasteiger partial charge on any atom is 0.160 e. The second-order valence-electron chi connectivity index (χ2n) is 5.09. The third kappa shape index (κ3) is 2.70. The van der Waals surface area contributed by atoms with Gasteiger partial charge in [-0.15, -0.1) is 0 Å². The monoisotopic (exact) mass is 269 g/mol. The van der Waals surface area contributed by atoms with Crippen LogP contribution in [0.5, 0.6) is 0 Å². The zero-order valence-corrected chi connectivity index (χ0v) is 11.9. The maximum atomic E-state index is 5.89. The Balaban J connectivity index is 1.86. The van der Waals surface area contributed by atoms with Gasteiger partial charge in [0.1, 0.15) is 0 Å². The average molecular weight is 269 g/mol. The highest BCUT2D eigenvalue weighted by Crippen LogP contribution is 2.28. The molecular weight excluding hydrogens is 248 g/mol. The quantitative estimate of drug-likeness (QED) is 0.843. The van der Waals surface area contributed by atoms with Crippen LogP contribution in [0.4, 0.5) is 0 Å². The third-order valence-electron chi connectivity index (χ3n) is 3.65. The van der Waals surface area contributed by atoms with Gasteiger partial charge in [0, 0.05) is 18.7 Å². The molecule has 1 aliphatic rings. The molecule has 20 heavy (non-hydrogen) atoms. The smallest absolute Gasteiger partial charge is 0.160 e. The van der Waals surface area contributed by atoms with Crippen molar-refractivity contribution < 1.29 is 4.84 Å². The molecule has 3 nitrogen and oxygen atoms in total. The van der Waals surface area contributed by atoms with E-state index in [0.717, 1.165) is 38.7 Å². The lowest BCUT2D eigenvalue weighted by Gasteiger charge is -2.23. The van der Waals surface area contributed by atoms with Crippen LogP contribution >= 0.6 is 0 Å². The molecule has 1 fully saturated rings. The predicted octanol–water partition coefficient (Wildman–Crippen LogP) is 3.31. The van der Waals surface area contributed by atoms with Crippen LogP contribution in [0, 0.1) is 6.17 Å². The molecule has 0 amide bonds. The van der Waals surface area contributed by atoms with Gasteiger partial charge in [-0.1, -0.05) is 55.8 Å². The summed E-state index contributed by atoms with van der Waals surface area (Å²) in [4.78, 5) is 5.89. The average Bonchev–Trinajstić information content (AvgIpc) is 2.95. The molecular formula is C17H21N2O. The van der Waals surface area contributed by atoms with Crippen LogP contribution in [0.15, 0.2) is 42.5 Å². The normalized spacial score (nSPS) is 17.1. The number of nitrogens with zero attached hydrogens (tertiary/aromatic N) is 1. The van der Waals surface area contributed by atoms with Crippen molar-refractivity contribution in [3.05, 3.63) is 54.2 Å². The Hall–Kier alpha value is -1.42. The number of hydrogen-bond acceptors (Lipinski definition) is 3. The molecule has 1 aliphatic heterocycles. The van der Waals surface area contributed by atoms with Crippen LogP contribution in [-0.4, -0.2) is 24.8 Å². The van der Waals surface area contributed by atoms with Gasteiger partial charge in [0.05, 0.1) is 6.61 Å². The highest BCUT2D eigenvalue weighted by Gasteiger charge is 2.28. The van der Waals surface area contributed by atoms with Crippen LogP contribution in [0.3, 0.4) is 0 Å². The molecule has 0 saturated carbocycles. The number of hydrogen-bond donors (Lipinski definition) is 1. The first-order valence-electron chi connectivity index (χ1n) is 7.39. The van der Waals surface area contributed by atoms with Gasteiger partial charge in [-0.3, -0.25) is 10.2 Å². The van der Waals surface area contributed by atoms with Crippen molar-refractivity contribution in [2.45, 2.75) is 19.8 Å². The maximum absolute atomic E-state index is 5.89. The van der Waals surface area contributed by atoms with Gasteiger partial charge >= 0.3 is 0 Å². The van der Waals surface area contributed by atoms with Crippen LogP contribution < -0.4 is 5.32 Å². The first-order chi connectivity index (χ1) is 9.90. The van der Waals surface area contributed by atoms with E-state index < -0.39 is 0 Å². The second kappa shape index (κ2) is 6.35. The Kier molecular flexibility index (Phi) is 4.31. The number of rotatable bonds is 5. The molecule has 3 rings (SSSR count). The first-order valence-corrected chi connectivity index (χ1v) is 7.39. The summed E-state index contributed by atoms with van der Waals surface area (Å²) in [7, 11) is 0. The summed E-state index contributed by atoms with van der Waals surface area (Å²) in [6, 6.07) is 14.9. The largest absolute Gasteiger partial charge is 0.297 e. The van der Waals surface area contributed by atoms with Gasteiger partial charge in [-0.2, -0.15) is 5.06 Å². The Morgan fingerprint density at radius 2 is 2.00 bits per heavy atom. The zero-order valence-electron chi connectivity index (χ0n) is 11.9. The van der Waals surface area contributed by atoms with E-state index >= 15 is 0 Å². The minimum absolute atomic E-state index is 0.784.